The molecular formula is C14H17Cl2SiZr. The molecule has 0 bridgehead atoms. The van der Waals surface area contributed by atoms with Crippen LogP contribution in [0, 0.1) is 0 Å². The molecule has 0 nitrogen and oxygen atoms in total. The van der Waals surface area contributed by atoms with Gasteiger partial charge < -0.3 is 0 Å². The van der Waals surface area contributed by atoms with Crippen LogP contribution in [-0.4, -0.2) is 8.80 Å². The molecule has 1 radical (unpaired) electrons. The number of allylic oxidation sites excluding steroid dienone is 4. The molecule has 0 N–H and O–H groups in total. The summed E-state index contributed by atoms with van der Waals surface area (Å²) in [5.41, 5.74) is 5.02. The SMILES string of the molecule is CC1=CC(c2ccccc2)=CC1[Si](C)C.[Cl][Zr][Cl]. The van der Waals surface area contributed by atoms with Gasteiger partial charge in [-0.3, -0.25) is 0 Å². The van der Waals surface area contributed by atoms with Crippen LogP contribution in [0.15, 0.2) is 48.1 Å². The van der Waals surface area contributed by atoms with Gasteiger partial charge in [0, 0.05) is 0 Å². The van der Waals surface area contributed by atoms with E-state index in [1.807, 2.05) is 0 Å². The molecule has 0 spiro atoms. The number of benzene rings is 1. The Morgan fingerprint density at radius 2 is 1.67 bits per heavy atom. The molecule has 95 valence electrons. The van der Waals surface area contributed by atoms with Crippen LogP contribution < -0.4 is 0 Å². The van der Waals surface area contributed by atoms with E-state index < -0.39 is 20.8 Å². The van der Waals surface area contributed by atoms with Crippen LogP contribution in [-0.2, 0) is 20.8 Å². The maximum absolute atomic E-state index is 4.93. The Labute approximate surface area is 130 Å². The van der Waals surface area contributed by atoms with Gasteiger partial charge in [0.1, 0.15) is 0 Å². The van der Waals surface area contributed by atoms with Crippen LogP contribution in [0.25, 0.3) is 5.57 Å². The summed E-state index contributed by atoms with van der Waals surface area (Å²) in [4.78, 5) is 0. The molecule has 1 aromatic rings. The maximum atomic E-state index is 4.93. The van der Waals surface area contributed by atoms with E-state index in [0.717, 1.165) is 5.54 Å². The second kappa shape index (κ2) is 8.53. The molecular weight excluding hydrogens is 358 g/mol. The standard InChI is InChI=1S/C14H17Si.2ClH.Zr/c1-11-9-13(10-14(11)15(2)3)12-7-5-4-6-8-12;;;/h4-10,14H,1-3H3;2*1H;/q;;;+2/p-2. The van der Waals surface area contributed by atoms with Crippen molar-refractivity contribution in [3.63, 3.8) is 0 Å². The zero-order chi connectivity index (χ0) is 13.5. The zero-order valence-corrected chi connectivity index (χ0v) is 15.8. The molecule has 0 aliphatic heterocycles. The number of hydrogen-bond acceptors (Lipinski definition) is 0. The van der Waals surface area contributed by atoms with E-state index in [1.54, 1.807) is 0 Å². The summed E-state index contributed by atoms with van der Waals surface area (Å²) in [5.74, 6) is 0. The molecule has 0 heterocycles. The van der Waals surface area contributed by atoms with Gasteiger partial charge in [-0.2, -0.15) is 0 Å². The van der Waals surface area contributed by atoms with E-state index in [9.17, 15) is 0 Å². The summed E-state index contributed by atoms with van der Waals surface area (Å²) in [6.45, 7) is 7.03. The third-order valence-corrected chi connectivity index (χ3v) is 4.82. The normalized spacial score (nSPS) is 17.8. The van der Waals surface area contributed by atoms with Gasteiger partial charge in [-0.05, 0) is 23.6 Å². The first-order valence-corrected chi connectivity index (χ1v) is 14.7. The van der Waals surface area contributed by atoms with E-state index in [2.05, 4.69) is 62.5 Å². The summed E-state index contributed by atoms with van der Waals surface area (Å²) in [6, 6.07) is 10.7. The molecule has 0 fully saturated rings. The van der Waals surface area contributed by atoms with Crippen molar-refractivity contribution in [1.29, 1.82) is 0 Å². The van der Waals surface area contributed by atoms with Gasteiger partial charge in [0.25, 0.3) is 0 Å². The fourth-order valence-corrected chi connectivity index (χ4v) is 3.63. The Morgan fingerprint density at radius 3 is 2.11 bits per heavy atom. The average molecular weight is 376 g/mol. The molecule has 1 aliphatic rings. The monoisotopic (exact) mass is 373 g/mol. The Morgan fingerprint density at radius 1 is 1.11 bits per heavy atom. The van der Waals surface area contributed by atoms with E-state index in [1.165, 1.54) is 16.7 Å². The molecule has 1 atom stereocenters. The molecule has 4 heteroatoms. The Kier molecular flexibility index (Phi) is 7.79. The second-order valence-electron chi connectivity index (χ2n) is 4.50. The number of halogens is 2. The van der Waals surface area contributed by atoms with Crippen LogP contribution in [0.1, 0.15) is 12.5 Å². The second-order valence-corrected chi connectivity index (χ2v) is 11.0. The number of rotatable bonds is 2. The van der Waals surface area contributed by atoms with Gasteiger partial charge in [0.2, 0.25) is 0 Å². The van der Waals surface area contributed by atoms with Crippen molar-refractivity contribution in [1.82, 2.24) is 0 Å². The minimum atomic E-state index is -0.826. The number of hydrogen-bond donors (Lipinski definition) is 0. The third-order valence-electron chi connectivity index (χ3n) is 2.95. The van der Waals surface area contributed by atoms with E-state index >= 15 is 0 Å². The first kappa shape index (κ1) is 16.4. The predicted molar refractivity (Wildman–Crippen MR) is 81.1 cm³/mol. The van der Waals surface area contributed by atoms with Gasteiger partial charge in [-0.25, -0.2) is 0 Å². The third kappa shape index (κ3) is 4.81. The van der Waals surface area contributed by atoms with Crippen LogP contribution in [0.5, 0.6) is 0 Å². The first-order valence-electron chi connectivity index (χ1n) is 5.82. The van der Waals surface area contributed by atoms with Crippen LogP contribution in [0.3, 0.4) is 0 Å². The van der Waals surface area contributed by atoms with E-state index in [4.69, 9.17) is 17.0 Å². The van der Waals surface area contributed by atoms with Crippen LogP contribution in [0.4, 0.5) is 0 Å². The molecule has 0 aromatic heterocycles. The topological polar surface area (TPSA) is 0 Å². The zero-order valence-electron chi connectivity index (χ0n) is 10.9. The van der Waals surface area contributed by atoms with Crippen molar-refractivity contribution in [2.75, 3.05) is 0 Å². The van der Waals surface area contributed by atoms with Gasteiger partial charge in [0.15, 0.2) is 0 Å². The quantitative estimate of drug-likeness (QED) is 0.596. The minimum absolute atomic E-state index is 0.245. The van der Waals surface area contributed by atoms with Crippen molar-refractivity contribution >= 4 is 31.4 Å². The fraction of sp³-hybridized carbons (Fsp3) is 0.286. The Bertz CT molecular complexity index is 427. The molecule has 2 rings (SSSR count). The first-order chi connectivity index (χ1) is 8.60. The van der Waals surface area contributed by atoms with Crippen LogP contribution in [0.2, 0.25) is 18.6 Å². The molecule has 1 unspecified atom stereocenters. The van der Waals surface area contributed by atoms with Crippen molar-refractivity contribution in [2.45, 2.75) is 25.6 Å². The van der Waals surface area contributed by atoms with Crippen molar-refractivity contribution in [2.24, 2.45) is 0 Å². The summed E-state index contributed by atoms with van der Waals surface area (Å²) in [6.07, 6.45) is 4.79. The molecule has 18 heavy (non-hydrogen) atoms. The van der Waals surface area contributed by atoms with E-state index in [0.29, 0.717) is 0 Å². The molecule has 1 aromatic carbocycles. The summed E-state index contributed by atoms with van der Waals surface area (Å²) in [5, 5.41) is 0. The molecule has 0 saturated heterocycles. The Hall–Kier alpha value is 0.380. The summed E-state index contributed by atoms with van der Waals surface area (Å²) >= 11 is -0.826. The van der Waals surface area contributed by atoms with Gasteiger partial charge >= 0.3 is 37.9 Å². The molecule has 1 aliphatic carbocycles. The molecule has 0 amide bonds. The van der Waals surface area contributed by atoms with E-state index in [-0.39, 0.29) is 8.80 Å². The van der Waals surface area contributed by atoms with Gasteiger partial charge in [-0.1, -0.05) is 61.2 Å². The predicted octanol–water partition coefficient (Wildman–Crippen LogP) is 5.53. The average Bonchev–Trinajstić information content (AvgIpc) is 2.74. The Balaban J connectivity index is 0.000000492. The van der Waals surface area contributed by atoms with Crippen molar-refractivity contribution in [3.05, 3.63) is 53.6 Å². The van der Waals surface area contributed by atoms with Crippen molar-refractivity contribution in [3.8, 4) is 0 Å². The van der Waals surface area contributed by atoms with Crippen LogP contribution >= 0.6 is 17.0 Å². The molecule has 0 saturated carbocycles. The fourth-order valence-electron chi connectivity index (χ4n) is 2.13. The van der Waals surface area contributed by atoms with Gasteiger partial charge in [-0.15, -0.1) is 0 Å². The summed E-state index contributed by atoms with van der Waals surface area (Å²) < 4.78 is 0. The van der Waals surface area contributed by atoms with Crippen molar-refractivity contribution < 1.29 is 20.8 Å². The summed E-state index contributed by atoms with van der Waals surface area (Å²) in [7, 11) is 9.62. The van der Waals surface area contributed by atoms with Gasteiger partial charge in [0.05, 0.1) is 8.80 Å².